The molecular weight excluding hydrogens is 260 g/mol. The first-order chi connectivity index (χ1) is 8.69. The standard InChI is InChI=1S/C14H30N2O2S/c1-12(11-15-5)19(17,18)16-9-6-7-13(8-10-16)14(2,3)4/h12-13,15H,6-11H2,1-5H3. The number of rotatable bonds is 4. The van der Waals surface area contributed by atoms with E-state index in [1.807, 2.05) is 0 Å². The fourth-order valence-corrected chi connectivity index (χ4v) is 4.47. The quantitative estimate of drug-likeness (QED) is 0.862. The van der Waals surface area contributed by atoms with Gasteiger partial charge in [0.05, 0.1) is 5.25 Å². The number of hydrogen-bond acceptors (Lipinski definition) is 3. The van der Waals surface area contributed by atoms with Crippen LogP contribution in [0, 0.1) is 11.3 Å². The maximum Gasteiger partial charge on any atom is 0.217 e. The molecule has 1 saturated heterocycles. The van der Waals surface area contributed by atoms with Crippen LogP contribution in [0.15, 0.2) is 0 Å². The first-order valence-corrected chi connectivity index (χ1v) is 8.83. The second kappa shape index (κ2) is 6.55. The molecule has 0 aliphatic carbocycles. The van der Waals surface area contributed by atoms with Crippen molar-refractivity contribution in [1.29, 1.82) is 0 Å². The van der Waals surface area contributed by atoms with E-state index in [1.54, 1.807) is 18.3 Å². The van der Waals surface area contributed by atoms with Crippen molar-refractivity contribution < 1.29 is 8.42 Å². The summed E-state index contributed by atoms with van der Waals surface area (Å²) in [7, 11) is -1.35. The summed E-state index contributed by atoms with van der Waals surface area (Å²) in [5.41, 5.74) is 0.274. The predicted molar refractivity (Wildman–Crippen MR) is 80.7 cm³/mol. The van der Waals surface area contributed by atoms with Crippen LogP contribution in [0.2, 0.25) is 0 Å². The highest BCUT2D eigenvalue weighted by atomic mass is 32.2. The second-order valence-electron chi connectivity index (χ2n) is 6.81. The lowest BCUT2D eigenvalue weighted by molar-refractivity contribution is 0.216. The molecule has 1 heterocycles. The molecule has 1 rings (SSSR count). The average molecular weight is 290 g/mol. The van der Waals surface area contributed by atoms with Crippen LogP contribution in [-0.2, 0) is 10.0 Å². The minimum absolute atomic E-state index is 0.274. The molecule has 0 aromatic rings. The zero-order chi connectivity index (χ0) is 14.7. The molecular formula is C14H30N2O2S. The minimum atomic E-state index is -3.15. The van der Waals surface area contributed by atoms with Crippen molar-refractivity contribution >= 4 is 10.0 Å². The number of sulfonamides is 1. The van der Waals surface area contributed by atoms with Gasteiger partial charge < -0.3 is 5.32 Å². The van der Waals surface area contributed by atoms with Crippen LogP contribution in [0.3, 0.4) is 0 Å². The zero-order valence-corrected chi connectivity index (χ0v) is 13.9. The summed E-state index contributed by atoms with van der Waals surface area (Å²) in [5.74, 6) is 0.618. The van der Waals surface area contributed by atoms with E-state index in [2.05, 4.69) is 26.1 Å². The molecule has 2 atom stereocenters. The number of nitrogens with zero attached hydrogens (tertiary/aromatic N) is 1. The number of hydrogen-bond donors (Lipinski definition) is 1. The molecule has 0 spiro atoms. The van der Waals surface area contributed by atoms with E-state index in [0.717, 1.165) is 19.3 Å². The van der Waals surface area contributed by atoms with Gasteiger partial charge in [-0.1, -0.05) is 20.8 Å². The van der Waals surface area contributed by atoms with E-state index < -0.39 is 10.0 Å². The van der Waals surface area contributed by atoms with Crippen molar-refractivity contribution in [2.24, 2.45) is 11.3 Å². The van der Waals surface area contributed by atoms with Gasteiger partial charge in [-0.2, -0.15) is 0 Å². The Balaban J connectivity index is 2.72. The van der Waals surface area contributed by atoms with Gasteiger partial charge in [0.25, 0.3) is 0 Å². The number of nitrogens with one attached hydrogen (secondary N) is 1. The minimum Gasteiger partial charge on any atom is -0.318 e. The molecule has 0 saturated carbocycles. The largest absolute Gasteiger partial charge is 0.318 e. The van der Waals surface area contributed by atoms with Crippen molar-refractivity contribution in [2.45, 2.75) is 52.2 Å². The molecule has 1 aliphatic heterocycles. The lowest BCUT2D eigenvalue weighted by atomic mass is 9.77. The lowest BCUT2D eigenvalue weighted by Gasteiger charge is -2.30. The third-order valence-electron chi connectivity index (χ3n) is 4.27. The molecule has 0 aromatic heterocycles. The predicted octanol–water partition coefficient (Wildman–Crippen LogP) is 2.07. The van der Waals surface area contributed by atoms with Gasteiger partial charge in [0.15, 0.2) is 0 Å². The smallest absolute Gasteiger partial charge is 0.217 e. The highest BCUT2D eigenvalue weighted by Crippen LogP contribution is 2.34. The SMILES string of the molecule is CNCC(C)S(=O)(=O)N1CCCC(C(C)(C)C)CC1. The van der Waals surface area contributed by atoms with Gasteiger partial charge in [0.2, 0.25) is 10.0 Å². The van der Waals surface area contributed by atoms with Crippen LogP contribution in [0.25, 0.3) is 0 Å². The van der Waals surface area contributed by atoms with Crippen molar-refractivity contribution in [3.8, 4) is 0 Å². The molecule has 1 N–H and O–H groups in total. The van der Waals surface area contributed by atoms with Gasteiger partial charge >= 0.3 is 0 Å². The first kappa shape index (κ1) is 16.9. The normalized spacial score (nSPS) is 25.0. The molecule has 0 bridgehead atoms. The molecule has 0 amide bonds. The molecule has 1 aliphatic rings. The Morgan fingerprint density at radius 3 is 2.42 bits per heavy atom. The molecule has 0 aromatic carbocycles. The van der Waals surface area contributed by atoms with Crippen LogP contribution < -0.4 is 5.32 Å². The Bertz CT molecular complexity index is 373. The maximum absolute atomic E-state index is 12.5. The van der Waals surface area contributed by atoms with Crippen LogP contribution in [0.5, 0.6) is 0 Å². The van der Waals surface area contributed by atoms with E-state index in [-0.39, 0.29) is 10.7 Å². The summed E-state index contributed by atoms with van der Waals surface area (Å²) < 4.78 is 26.7. The molecule has 1 fully saturated rings. The third-order valence-corrected chi connectivity index (χ3v) is 6.54. The summed E-state index contributed by atoms with van der Waals surface area (Å²) in [6, 6.07) is 0. The molecule has 4 nitrogen and oxygen atoms in total. The Kier molecular flexibility index (Phi) is 5.83. The summed E-state index contributed by atoms with van der Waals surface area (Å²) in [4.78, 5) is 0. The Hall–Kier alpha value is -0.130. The van der Waals surface area contributed by atoms with E-state index in [4.69, 9.17) is 0 Å². The van der Waals surface area contributed by atoms with Crippen LogP contribution >= 0.6 is 0 Å². The molecule has 114 valence electrons. The van der Waals surface area contributed by atoms with Crippen molar-refractivity contribution in [2.75, 3.05) is 26.7 Å². The van der Waals surface area contributed by atoms with Crippen molar-refractivity contribution in [3.63, 3.8) is 0 Å². The lowest BCUT2D eigenvalue weighted by Crippen LogP contribution is -2.42. The highest BCUT2D eigenvalue weighted by Gasteiger charge is 2.33. The van der Waals surface area contributed by atoms with Crippen molar-refractivity contribution in [3.05, 3.63) is 0 Å². The van der Waals surface area contributed by atoms with Gasteiger partial charge in [-0.3, -0.25) is 0 Å². The van der Waals surface area contributed by atoms with Gasteiger partial charge in [-0.25, -0.2) is 12.7 Å². The van der Waals surface area contributed by atoms with E-state index in [1.165, 1.54) is 0 Å². The van der Waals surface area contributed by atoms with Crippen LogP contribution in [-0.4, -0.2) is 44.7 Å². The van der Waals surface area contributed by atoms with E-state index >= 15 is 0 Å². The summed E-state index contributed by atoms with van der Waals surface area (Å²) >= 11 is 0. The monoisotopic (exact) mass is 290 g/mol. The Morgan fingerprint density at radius 1 is 1.26 bits per heavy atom. The van der Waals surface area contributed by atoms with E-state index in [0.29, 0.717) is 25.6 Å². The topological polar surface area (TPSA) is 49.4 Å². The van der Waals surface area contributed by atoms with Crippen molar-refractivity contribution in [1.82, 2.24) is 9.62 Å². The van der Waals surface area contributed by atoms with Crippen LogP contribution in [0.1, 0.15) is 47.0 Å². The third kappa shape index (κ3) is 4.43. The Morgan fingerprint density at radius 2 is 1.89 bits per heavy atom. The maximum atomic E-state index is 12.5. The Labute approximate surface area is 119 Å². The molecule has 5 heteroatoms. The van der Waals surface area contributed by atoms with Gasteiger partial charge in [-0.05, 0) is 44.6 Å². The molecule has 2 unspecified atom stereocenters. The first-order valence-electron chi connectivity index (χ1n) is 7.33. The second-order valence-corrected chi connectivity index (χ2v) is 9.16. The molecule has 19 heavy (non-hydrogen) atoms. The summed E-state index contributed by atoms with van der Waals surface area (Å²) in [5, 5.41) is 2.61. The summed E-state index contributed by atoms with van der Waals surface area (Å²) in [6.45, 7) is 10.4. The van der Waals surface area contributed by atoms with E-state index in [9.17, 15) is 8.42 Å². The fourth-order valence-electron chi connectivity index (χ4n) is 2.84. The highest BCUT2D eigenvalue weighted by molar-refractivity contribution is 7.89. The zero-order valence-electron chi connectivity index (χ0n) is 13.1. The van der Waals surface area contributed by atoms with Crippen LogP contribution in [0.4, 0.5) is 0 Å². The summed E-state index contributed by atoms with van der Waals surface area (Å²) in [6.07, 6.45) is 3.10. The van der Waals surface area contributed by atoms with Gasteiger partial charge in [0, 0.05) is 19.6 Å². The molecule has 0 radical (unpaired) electrons. The fraction of sp³-hybridized carbons (Fsp3) is 1.00. The van der Waals surface area contributed by atoms with Gasteiger partial charge in [0.1, 0.15) is 0 Å². The van der Waals surface area contributed by atoms with Gasteiger partial charge in [-0.15, -0.1) is 0 Å². The average Bonchev–Trinajstić information content (AvgIpc) is 2.54.